The standard InChI is InChI=1S/C16H12Br2F3NO2/c17-12-8-5-9(13(12)18)11-10(8)14(23)22(15(11)24)7-3-1-2-6(4-7)16(19,20)21/h1-4,8-13H,5H2/t8-,9+,10+,11-,12-,13+. The third-order valence-corrected chi connectivity index (χ3v) is 8.63. The lowest BCUT2D eigenvalue weighted by atomic mass is 9.81. The molecule has 128 valence electrons. The second-order valence-electron chi connectivity index (χ2n) is 6.56. The van der Waals surface area contributed by atoms with Gasteiger partial charge in [0.15, 0.2) is 0 Å². The van der Waals surface area contributed by atoms with Crippen molar-refractivity contribution in [3.8, 4) is 0 Å². The Morgan fingerprint density at radius 1 is 1.00 bits per heavy atom. The van der Waals surface area contributed by atoms with Crippen LogP contribution in [0, 0.1) is 23.7 Å². The quantitative estimate of drug-likeness (QED) is 0.463. The molecule has 8 heteroatoms. The van der Waals surface area contributed by atoms with Crippen LogP contribution in [0.2, 0.25) is 0 Å². The van der Waals surface area contributed by atoms with Crippen molar-refractivity contribution < 1.29 is 22.8 Å². The molecule has 1 saturated heterocycles. The number of anilines is 1. The summed E-state index contributed by atoms with van der Waals surface area (Å²) in [5.74, 6) is -1.54. The summed E-state index contributed by atoms with van der Waals surface area (Å²) in [5, 5.41) is 0. The average molecular weight is 467 g/mol. The first-order chi connectivity index (χ1) is 11.2. The van der Waals surface area contributed by atoms with Gasteiger partial charge in [0.25, 0.3) is 0 Å². The van der Waals surface area contributed by atoms with E-state index in [9.17, 15) is 22.8 Å². The molecule has 1 aliphatic heterocycles. The van der Waals surface area contributed by atoms with Crippen molar-refractivity contribution in [2.45, 2.75) is 22.3 Å². The molecule has 0 spiro atoms. The van der Waals surface area contributed by atoms with Gasteiger partial charge in [-0.25, -0.2) is 0 Å². The third-order valence-electron chi connectivity index (χ3n) is 5.42. The fourth-order valence-corrected chi connectivity index (χ4v) is 6.30. The number of carbonyl (C=O) groups excluding carboxylic acids is 2. The van der Waals surface area contributed by atoms with Gasteiger partial charge in [-0.15, -0.1) is 0 Å². The molecule has 0 unspecified atom stereocenters. The number of fused-ring (bicyclic) bond motifs is 5. The summed E-state index contributed by atoms with van der Waals surface area (Å²) < 4.78 is 38.7. The molecule has 1 aromatic rings. The van der Waals surface area contributed by atoms with E-state index in [0.29, 0.717) is 0 Å². The molecule has 1 heterocycles. The predicted molar refractivity (Wildman–Crippen MR) is 87.9 cm³/mol. The average Bonchev–Trinajstić information content (AvgIpc) is 3.12. The van der Waals surface area contributed by atoms with Crippen molar-refractivity contribution in [3.05, 3.63) is 29.8 Å². The minimum Gasteiger partial charge on any atom is -0.274 e. The number of hydrogen-bond donors (Lipinski definition) is 0. The maximum atomic E-state index is 12.9. The molecule has 0 N–H and O–H groups in total. The van der Waals surface area contributed by atoms with Gasteiger partial charge in [-0.05, 0) is 36.5 Å². The van der Waals surface area contributed by atoms with Crippen LogP contribution in [0.5, 0.6) is 0 Å². The topological polar surface area (TPSA) is 37.4 Å². The van der Waals surface area contributed by atoms with Crippen LogP contribution in [-0.4, -0.2) is 21.5 Å². The van der Waals surface area contributed by atoms with Crippen LogP contribution >= 0.6 is 31.9 Å². The lowest BCUT2D eigenvalue weighted by Crippen LogP contribution is -2.37. The van der Waals surface area contributed by atoms with Gasteiger partial charge >= 0.3 is 6.18 Å². The highest BCUT2D eigenvalue weighted by Crippen LogP contribution is 2.60. The highest BCUT2D eigenvalue weighted by atomic mass is 79.9. The molecule has 3 nitrogen and oxygen atoms in total. The number of alkyl halides is 5. The SMILES string of the molecule is O=C1[C@@H]2[C@@H]3C[C@@H]([C@@H](Br)[C@H]3Br)[C@@H]2C(=O)N1c1cccc(C(F)(F)F)c1. The zero-order chi connectivity index (χ0) is 17.4. The van der Waals surface area contributed by atoms with E-state index < -0.39 is 23.6 Å². The van der Waals surface area contributed by atoms with E-state index in [-0.39, 0.29) is 39.0 Å². The van der Waals surface area contributed by atoms with Crippen molar-refractivity contribution in [1.82, 2.24) is 0 Å². The molecule has 6 atom stereocenters. The number of carbonyl (C=O) groups is 2. The van der Waals surface area contributed by atoms with Gasteiger partial charge in [-0.3, -0.25) is 14.5 Å². The Kier molecular flexibility index (Phi) is 3.66. The highest BCUT2D eigenvalue weighted by molar-refractivity contribution is 9.12. The van der Waals surface area contributed by atoms with Crippen LogP contribution in [0.15, 0.2) is 24.3 Å². The molecule has 2 amide bonds. The highest BCUT2D eigenvalue weighted by Gasteiger charge is 2.66. The molecule has 24 heavy (non-hydrogen) atoms. The second-order valence-corrected chi connectivity index (χ2v) is 8.68. The second kappa shape index (κ2) is 5.30. The Labute approximate surface area is 152 Å². The summed E-state index contributed by atoms with van der Waals surface area (Å²) in [5.41, 5.74) is -0.858. The van der Waals surface area contributed by atoms with E-state index in [1.807, 2.05) is 0 Å². The Morgan fingerprint density at radius 2 is 1.54 bits per heavy atom. The molecular formula is C16H12Br2F3NO2. The molecule has 2 saturated carbocycles. The molecule has 2 aliphatic carbocycles. The Bertz CT molecular complexity index is 706. The number of imide groups is 1. The van der Waals surface area contributed by atoms with Crippen molar-refractivity contribution in [3.63, 3.8) is 0 Å². The van der Waals surface area contributed by atoms with Crippen LogP contribution in [0.4, 0.5) is 18.9 Å². The fraction of sp³-hybridized carbons (Fsp3) is 0.500. The first-order valence-electron chi connectivity index (χ1n) is 7.55. The number of rotatable bonds is 1. The fourth-order valence-electron chi connectivity index (χ4n) is 4.42. The van der Waals surface area contributed by atoms with Crippen LogP contribution in [-0.2, 0) is 15.8 Å². The predicted octanol–water partition coefficient (Wildman–Crippen LogP) is 3.99. The van der Waals surface area contributed by atoms with Gasteiger partial charge in [0.05, 0.1) is 23.1 Å². The Morgan fingerprint density at radius 3 is 2.04 bits per heavy atom. The largest absolute Gasteiger partial charge is 0.416 e. The summed E-state index contributed by atoms with van der Waals surface area (Å²) in [6, 6.07) is 4.41. The molecule has 3 fully saturated rings. The van der Waals surface area contributed by atoms with Gasteiger partial charge in [0, 0.05) is 9.65 Å². The van der Waals surface area contributed by atoms with Crippen LogP contribution in [0.25, 0.3) is 0 Å². The summed E-state index contributed by atoms with van der Waals surface area (Å²) in [6.45, 7) is 0. The van der Waals surface area contributed by atoms with Gasteiger partial charge in [0.2, 0.25) is 11.8 Å². The normalized spacial score (nSPS) is 38.1. The van der Waals surface area contributed by atoms with Crippen molar-refractivity contribution in [2.24, 2.45) is 23.7 Å². The summed E-state index contributed by atoms with van der Waals surface area (Å²) in [4.78, 5) is 26.7. The molecule has 2 bridgehead atoms. The van der Waals surface area contributed by atoms with E-state index in [1.165, 1.54) is 12.1 Å². The van der Waals surface area contributed by atoms with Crippen LogP contribution < -0.4 is 4.90 Å². The lowest BCUT2D eigenvalue weighted by Gasteiger charge is -2.28. The Balaban J connectivity index is 1.72. The van der Waals surface area contributed by atoms with Gasteiger partial charge < -0.3 is 0 Å². The van der Waals surface area contributed by atoms with E-state index in [1.54, 1.807) is 0 Å². The molecule has 1 aromatic carbocycles. The minimum atomic E-state index is -4.52. The van der Waals surface area contributed by atoms with Crippen molar-refractivity contribution >= 4 is 49.4 Å². The number of hydrogen-bond acceptors (Lipinski definition) is 2. The number of benzene rings is 1. The van der Waals surface area contributed by atoms with Crippen molar-refractivity contribution in [2.75, 3.05) is 4.90 Å². The van der Waals surface area contributed by atoms with Gasteiger partial charge in [-0.2, -0.15) is 13.2 Å². The maximum Gasteiger partial charge on any atom is 0.416 e. The van der Waals surface area contributed by atoms with E-state index in [2.05, 4.69) is 31.9 Å². The van der Waals surface area contributed by atoms with Gasteiger partial charge in [-0.1, -0.05) is 37.9 Å². The molecule has 0 radical (unpaired) electrons. The maximum absolute atomic E-state index is 12.9. The summed E-state index contributed by atoms with van der Waals surface area (Å²) in [7, 11) is 0. The molecule has 3 aliphatic rings. The van der Waals surface area contributed by atoms with Crippen molar-refractivity contribution in [1.29, 1.82) is 0 Å². The zero-order valence-corrected chi connectivity index (χ0v) is 15.3. The van der Waals surface area contributed by atoms with Crippen LogP contribution in [0.3, 0.4) is 0 Å². The monoisotopic (exact) mass is 465 g/mol. The Hall–Kier alpha value is -0.890. The van der Waals surface area contributed by atoms with Crippen LogP contribution in [0.1, 0.15) is 12.0 Å². The smallest absolute Gasteiger partial charge is 0.274 e. The third kappa shape index (κ3) is 2.14. The summed E-state index contributed by atoms with van der Waals surface area (Å²) in [6.07, 6.45) is -3.73. The van der Waals surface area contributed by atoms with E-state index >= 15 is 0 Å². The van der Waals surface area contributed by atoms with E-state index in [0.717, 1.165) is 23.5 Å². The first kappa shape index (κ1) is 16.6. The lowest BCUT2D eigenvalue weighted by molar-refractivity contribution is -0.137. The van der Waals surface area contributed by atoms with Gasteiger partial charge in [0.1, 0.15) is 0 Å². The van der Waals surface area contributed by atoms with E-state index in [4.69, 9.17) is 0 Å². The number of amides is 2. The molecule has 4 rings (SSSR count). The molecular weight excluding hydrogens is 455 g/mol. The molecule has 0 aromatic heterocycles. The first-order valence-corrected chi connectivity index (χ1v) is 9.38. The minimum absolute atomic E-state index is 0.00544. The number of halogens is 5. The summed E-state index contributed by atoms with van der Waals surface area (Å²) >= 11 is 7.16. The number of nitrogens with zero attached hydrogens (tertiary/aromatic N) is 1. The zero-order valence-electron chi connectivity index (χ0n) is 12.1.